The molecule has 1 aromatic carbocycles. The highest BCUT2D eigenvalue weighted by Gasteiger charge is 2.39. The van der Waals surface area contributed by atoms with Crippen LogP contribution in [0, 0.1) is 17.7 Å². The summed E-state index contributed by atoms with van der Waals surface area (Å²) in [4.78, 5) is 55.0. The molecule has 4 amide bonds. The number of piperidine rings is 1. The molecule has 0 spiro atoms. The number of rotatable bonds is 8. The highest BCUT2D eigenvalue weighted by atomic mass is 32.2. The molecule has 2 heterocycles. The summed E-state index contributed by atoms with van der Waals surface area (Å²) < 4.78 is 21.8. The number of hydrogen-bond donors (Lipinski definition) is 2. The molecule has 12 heteroatoms. The van der Waals surface area contributed by atoms with Gasteiger partial charge in [-0.3, -0.25) is 24.0 Å². The highest BCUT2D eigenvalue weighted by Crippen LogP contribution is 2.39. The number of nitrogens with zero attached hydrogens (tertiary/aromatic N) is 2. The van der Waals surface area contributed by atoms with Crippen molar-refractivity contribution in [3.63, 3.8) is 0 Å². The molecule has 4 rings (SSSR count). The molecular weight excluding hydrogens is 591 g/mol. The second kappa shape index (κ2) is 15.0. The lowest BCUT2D eigenvalue weighted by Crippen LogP contribution is -2.53. The summed E-state index contributed by atoms with van der Waals surface area (Å²) in [6, 6.07) is 4.21. The van der Waals surface area contributed by atoms with Gasteiger partial charge >= 0.3 is 6.09 Å². The van der Waals surface area contributed by atoms with Gasteiger partial charge in [-0.1, -0.05) is 19.3 Å². The summed E-state index contributed by atoms with van der Waals surface area (Å²) in [5, 5.41) is 3.01. The number of halogens is 1. The molecule has 1 aromatic rings. The molecule has 3 atom stereocenters. The number of benzene rings is 1. The largest absolute Gasteiger partial charge is 0.444 e. The minimum Gasteiger partial charge on any atom is -0.444 e. The fourth-order valence-electron chi connectivity index (χ4n) is 6.00. The zero-order chi connectivity index (χ0) is 31.1. The number of carbonyl (C=O) groups excluding carboxylic acids is 4. The summed E-state index contributed by atoms with van der Waals surface area (Å²) in [7, 11) is 0. The van der Waals surface area contributed by atoms with Gasteiger partial charge < -0.3 is 15.0 Å². The average Bonchev–Trinajstić information content (AvgIpc) is 3.48. The van der Waals surface area contributed by atoms with E-state index in [0.29, 0.717) is 42.1 Å². The Morgan fingerprint density at radius 2 is 1.63 bits per heavy atom. The van der Waals surface area contributed by atoms with Gasteiger partial charge in [0.1, 0.15) is 23.5 Å². The van der Waals surface area contributed by atoms with Crippen LogP contribution in [0.1, 0.15) is 83.0 Å². The molecular formula is C31H45FN4O5S2. The molecule has 238 valence electrons. The van der Waals surface area contributed by atoms with Crippen LogP contribution < -0.4 is 10.0 Å². The molecule has 2 saturated heterocycles. The van der Waals surface area contributed by atoms with E-state index in [0.717, 1.165) is 25.7 Å². The third-order valence-corrected chi connectivity index (χ3v) is 10.7. The Morgan fingerprint density at radius 1 is 1.00 bits per heavy atom. The molecule has 0 radical (unpaired) electrons. The third kappa shape index (κ3) is 9.26. The van der Waals surface area contributed by atoms with Crippen LogP contribution in [-0.2, 0) is 14.3 Å². The van der Waals surface area contributed by atoms with Gasteiger partial charge in [0.05, 0.1) is 5.88 Å². The molecule has 1 aliphatic carbocycles. The van der Waals surface area contributed by atoms with Crippen LogP contribution in [0.4, 0.5) is 9.18 Å². The van der Waals surface area contributed by atoms with Crippen molar-refractivity contribution >= 4 is 47.5 Å². The molecule has 0 aromatic heterocycles. The van der Waals surface area contributed by atoms with Crippen LogP contribution in [0.15, 0.2) is 24.3 Å². The van der Waals surface area contributed by atoms with Gasteiger partial charge in [0.25, 0.3) is 11.8 Å². The summed E-state index contributed by atoms with van der Waals surface area (Å²) >= 11 is 2.94. The number of thioether (sulfide) groups is 1. The summed E-state index contributed by atoms with van der Waals surface area (Å²) in [5.74, 6) is 0.534. The van der Waals surface area contributed by atoms with Crippen LogP contribution in [-0.4, -0.2) is 81.3 Å². The Balaban J connectivity index is 1.31. The second-order valence-electron chi connectivity index (χ2n) is 12.8. The first-order valence-corrected chi connectivity index (χ1v) is 17.3. The van der Waals surface area contributed by atoms with E-state index in [2.05, 4.69) is 10.0 Å². The Kier molecular flexibility index (Phi) is 11.7. The van der Waals surface area contributed by atoms with Gasteiger partial charge in [-0.15, -0.1) is 11.8 Å². The van der Waals surface area contributed by atoms with Crippen LogP contribution >= 0.6 is 23.7 Å². The lowest BCUT2D eigenvalue weighted by atomic mass is 9.79. The number of carbonyl (C=O) groups is 4. The van der Waals surface area contributed by atoms with E-state index < -0.39 is 23.8 Å². The molecule has 3 fully saturated rings. The fourth-order valence-corrected chi connectivity index (χ4v) is 8.50. The van der Waals surface area contributed by atoms with E-state index >= 15 is 0 Å². The van der Waals surface area contributed by atoms with Crippen molar-refractivity contribution in [3.8, 4) is 0 Å². The summed E-state index contributed by atoms with van der Waals surface area (Å²) in [6.45, 7) is 8.25. The van der Waals surface area contributed by atoms with Crippen LogP contribution in [0.5, 0.6) is 0 Å². The fraction of sp³-hybridized carbons (Fsp3) is 0.677. The number of ether oxygens (including phenoxy) is 1. The number of likely N-dealkylation sites (tertiary alicyclic amines) is 1. The first kappa shape index (κ1) is 33.4. The normalized spacial score (nSPS) is 21.7. The van der Waals surface area contributed by atoms with E-state index in [-0.39, 0.29) is 28.8 Å². The van der Waals surface area contributed by atoms with Gasteiger partial charge in [-0.2, -0.15) is 0 Å². The van der Waals surface area contributed by atoms with Crippen molar-refractivity contribution in [3.05, 3.63) is 35.6 Å². The molecule has 3 aliphatic rings. The van der Waals surface area contributed by atoms with E-state index in [1.807, 2.05) is 4.90 Å². The smallest absolute Gasteiger partial charge is 0.411 e. The maximum absolute atomic E-state index is 13.3. The van der Waals surface area contributed by atoms with E-state index in [4.69, 9.17) is 4.74 Å². The van der Waals surface area contributed by atoms with Crippen molar-refractivity contribution in [2.45, 2.75) is 95.6 Å². The molecule has 9 nitrogen and oxygen atoms in total. The van der Waals surface area contributed by atoms with E-state index in [9.17, 15) is 23.6 Å². The molecule has 2 aliphatic heterocycles. The van der Waals surface area contributed by atoms with E-state index in [1.165, 1.54) is 72.1 Å². The topological polar surface area (TPSA) is 108 Å². The van der Waals surface area contributed by atoms with Gasteiger partial charge in [0.2, 0.25) is 5.91 Å². The number of hydrogen-bond acceptors (Lipinski definition) is 7. The monoisotopic (exact) mass is 636 g/mol. The third-order valence-electron chi connectivity index (χ3n) is 8.36. The van der Waals surface area contributed by atoms with Gasteiger partial charge in [0.15, 0.2) is 0 Å². The molecule has 2 N–H and O–H groups in total. The van der Waals surface area contributed by atoms with Crippen LogP contribution in [0.2, 0.25) is 0 Å². The molecule has 0 bridgehead atoms. The average molecular weight is 637 g/mol. The van der Waals surface area contributed by atoms with Crippen molar-refractivity contribution < 1.29 is 28.3 Å². The van der Waals surface area contributed by atoms with Crippen molar-refractivity contribution in [2.75, 3.05) is 24.7 Å². The van der Waals surface area contributed by atoms with Crippen molar-refractivity contribution in [1.82, 2.24) is 19.8 Å². The maximum Gasteiger partial charge on any atom is 0.411 e. The molecule has 1 saturated carbocycles. The van der Waals surface area contributed by atoms with Gasteiger partial charge in [0, 0.05) is 29.7 Å². The second-order valence-corrected chi connectivity index (χ2v) is 14.8. The zero-order valence-corrected chi connectivity index (χ0v) is 27.2. The summed E-state index contributed by atoms with van der Waals surface area (Å²) in [5.41, 5.74) is -0.175. The van der Waals surface area contributed by atoms with E-state index in [1.54, 1.807) is 27.7 Å². The molecule has 1 unspecified atom stereocenters. The highest BCUT2D eigenvalue weighted by molar-refractivity contribution is 7.99. The lowest BCUT2D eigenvalue weighted by molar-refractivity contribution is -0.130. The van der Waals surface area contributed by atoms with Gasteiger partial charge in [-0.05, 0) is 101 Å². The lowest BCUT2D eigenvalue weighted by Gasteiger charge is -2.40. The number of amides is 4. The van der Waals surface area contributed by atoms with Crippen LogP contribution in [0.25, 0.3) is 0 Å². The van der Waals surface area contributed by atoms with Gasteiger partial charge in [-0.25, -0.2) is 9.18 Å². The van der Waals surface area contributed by atoms with Crippen molar-refractivity contribution in [2.24, 2.45) is 11.8 Å². The van der Waals surface area contributed by atoms with Crippen LogP contribution in [0.3, 0.4) is 0 Å². The standard InChI is InChI=1S/C31H45FN4O5S2/c1-20(33-28(38)25-18-42-19-36(25)30(40)41-31(2,3)4)27(37)34-43-26(21-8-6-5-7-9-21)22-14-16-35(17-15-22)29(39)23-10-12-24(32)13-11-23/h10-13,20-22,25-26H,5-9,14-19H2,1-4H3,(H,33,38)(H,34,37)/t20-,25+,26?/m1/s1. The van der Waals surface area contributed by atoms with Crippen molar-refractivity contribution in [1.29, 1.82) is 0 Å². The zero-order valence-electron chi connectivity index (χ0n) is 25.6. The minimum atomic E-state index is -0.770. The molecule has 43 heavy (non-hydrogen) atoms. The first-order valence-electron chi connectivity index (χ1n) is 15.3. The number of nitrogens with one attached hydrogen (secondary N) is 2. The summed E-state index contributed by atoms with van der Waals surface area (Å²) in [6.07, 6.45) is 6.96. The first-order chi connectivity index (χ1) is 20.4. The Morgan fingerprint density at radius 3 is 2.26 bits per heavy atom. The SMILES string of the molecule is C[C@@H](NC(=O)[C@@H]1CSCN1C(=O)OC(C)(C)C)C(=O)NSC(C1CCCCC1)C1CCN(C(=O)c2ccc(F)cc2)CC1. The quantitative estimate of drug-likeness (QED) is 0.378. The predicted octanol–water partition coefficient (Wildman–Crippen LogP) is 5.21. The Bertz CT molecular complexity index is 1130. The maximum atomic E-state index is 13.3. The Labute approximate surface area is 262 Å². The Hall–Kier alpha value is -2.47. The minimum absolute atomic E-state index is 0.0796. The predicted molar refractivity (Wildman–Crippen MR) is 168 cm³/mol.